The topological polar surface area (TPSA) is 86.6 Å². The molecule has 0 bridgehead atoms. The maximum atomic E-state index is 13.4. The number of benzene rings is 3. The van der Waals surface area contributed by atoms with Crippen LogP contribution in [-0.4, -0.2) is 51.7 Å². The maximum Gasteiger partial charge on any atom is 0.328 e. The first-order valence-electron chi connectivity index (χ1n) is 11.5. The number of ether oxygens (including phenoxy) is 2. The predicted octanol–water partition coefficient (Wildman–Crippen LogP) is 4.01. The van der Waals surface area contributed by atoms with Gasteiger partial charge in [-0.15, -0.1) is 0 Å². The summed E-state index contributed by atoms with van der Waals surface area (Å²) in [4.78, 5) is 31.5. The van der Waals surface area contributed by atoms with Crippen LogP contribution in [0.3, 0.4) is 0 Å². The van der Waals surface area contributed by atoms with Crippen LogP contribution in [0.1, 0.15) is 27.0 Å². The number of nitrogens with zero attached hydrogens (tertiary/aromatic N) is 4. The molecule has 0 saturated heterocycles. The molecule has 0 fully saturated rings. The van der Waals surface area contributed by atoms with Crippen LogP contribution >= 0.6 is 0 Å². The molecule has 0 radical (unpaired) electrons. The molecule has 36 heavy (non-hydrogen) atoms. The summed E-state index contributed by atoms with van der Waals surface area (Å²) in [6.07, 6.45) is 3.37. The molecule has 1 atom stereocenters. The van der Waals surface area contributed by atoms with E-state index in [2.05, 4.69) is 10.1 Å². The van der Waals surface area contributed by atoms with E-state index in [1.165, 1.54) is 18.3 Å². The average molecular weight is 485 g/mol. The van der Waals surface area contributed by atoms with Crippen molar-refractivity contribution in [1.82, 2.24) is 19.7 Å². The summed E-state index contributed by atoms with van der Waals surface area (Å²) in [6.45, 7) is 2.30. The lowest BCUT2D eigenvalue weighted by Gasteiger charge is -2.26. The Labute approximate surface area is 210 Å². The monoisotopic (exact) mass is 484 g/mol. The van der Waals surface area contributed by atoms with Gasteiger partial charge in [0, 0.05) is 19.0 Å². The van der Waals surface area contributed by atoms with E-state index >= 15 is 0 Å². The second-order valence-corrected chi connectivity index (χ2v) is 8.47. The first-order valence-corrected chi connectivity index (χ1v) is 11.5. The summed E-state index contributed by atoms with van der Waals surface area (Å²) in [6, 6.07) is 22.0. The molecule has 8 nitrogen and oxygen atoms in total. The molecule has 8 heteroatoms. The highest BCUT2D eigenvalue weighted by molar-refractivity contribution is 5.97. The van der Waals surface area contributed by atoms with Crippen LogP contribution in [0.2, 0.25) is 0 Å². The third kappa shape index (κ3) is 5.96. The molecule has 1 aromatic heterocycles. The van der Waals surface area contributed by atoms with Crippen LogP contribution < -0.4 is 4.74 Å². The zero-order chi connectivity index (χ0) is 25.5. The lowest BCUT2D eigenvalue weighted by molar-refractivity contribution is -0.145. The number of carbonyl (C=O) groups excluding carboxylic acids is 2. The second-order valence-electron chi connectivity index (χ2n) is 8.47. The van der Waals surface area contributed by atoms with E-state index in [1.54, 1.807) is 30.2 Å². The van der Waals surface area contributed by atoms with Gasteiger partial charge in [-0.05, 0) is 53.9 Å². The Bertz CT molecular complexity index is 1310. The Balaban J connectivity index is 1.50. The molecule has 0 aliphatic rings. The number of esters is 1. The van der Waals surface area contributed by atoms with E-state index in [4.69, 9.17) is 9.47 Å². The van der Waals surface area contributed by atoms with Crippen molar-refractivity contribution in [2.24, 2.45) is 0 Å². The van der Waals surface area contributed by atoms with Gasteiger partial charge in [0.05, 0.1) is 12.8 Å². The van der Waals surface area contributed by atoms with E-state index in [0.717, 1.165) is 22.4 Å². The smallest absolute Gasteiger partial charge is 0.328 e. The van der Waals surface area contributed by atoms with Crippen molar-refractivity contribution in [1.29, 1.82) is 0 Å². The Morgan fingerprint density at radius 2 is 1.75 bits per heavy atom. The standard InChI is InChI=1S/C28H28N4O4/c1-20-13-23(16-25(14-20)36-17-22-7-5-4-6-8-22)27(33)31(2)26(28(34)35-3)15-21-9-11-24(12-10-21)32-19-29-18-30-32/h4-14,16,18-19,26H,15,17H2,1-3H3/t26-/m0/s1. The minimum Gasteiger partial charge on any atom is -0.489 e. The van der Waals surface area contributed by atoms with Gasteiger partial charge in [0.1, 0.15) is 31.1 Å². The molecule has 184 valence electrons. The summed E-state index contributed by atoms with van der Waals surface area (Å²) in [5.41, 5.74) is 4.08. The van der Waals surface area contributed by atoms with Gasteiger partial charge in [-0.2, -0.15) is 5.10 Å². The van der Waals surface area contributed by atoms with Crippen molar-refractivity contribution in [2.45, 2.75) is 26.0 Å². The van der Waals surface area contributed by atoms with Crippen LogP contribution in [0.15, 0.2) is 85.5 Å². The van der Waals surface area contributed by atoms with Crippen molar-refractivity contribution < 1.29 is 19.1 Å². The fourth-order valence-electron chi connectivity index (χ4n) is 3.90. The number of amides is 1. The summed E-state index contributed by atoms with van der Waals surface area (Å²) >= 11 is 0. The number of rotatable bonds is 9. The molecule has 0 aliphatic heterocycles. The van der Waals surface area contributed by atoms with Crippen LogP contribution in [0, 0.1) is 6.92 Å². The highest BCUT2D eigenvalue weighted by atomic mass is 16.5. The van der Waals surface area contributed by atoms with Gasteiger partial charge in [0.25, 0.3) is 5.91 Å². The third-order valence-corrected chi connectivity index (χ3v) is 5.86. The molecule has 4 aromatic rings. The Morgan fingerprint density at radius 1 is 1.00 bits per heavy atom. The molecule has 3 aromatic carbocycles. The Morgan fingerprint density at radius 3 is 2.42 bits per heavy atom. The van der Waals surface area contributed by atoms with Crippen LogP contribution in [0.5, 0.6) is 5.75 Å². The first kappa shape index (κ1) is 24.7. The van der Waals surface area contributed by atoms with Crippen LogP contribution in [0.4, 0.5) is 0 Å². The number of hydrogen-bond donors (Lipinski definition) is 0. The lowest BCUT2D eigenvalue weighted by Crippen LogP contribution is -2.44. The average Bonchev–Trinajstić information content (AvgIpc) is 3.45. The van der Waals surface area contributed by atoms with E-state index in [1.807, 2.05) is 67.6 Å². The van der Waals surface area contributed by atoms with Crippen LogP contribution in [-0.2, 0) is 22.6 Å². The van der Waals surface area contributed by atoms with Gasteiger partial charge in [-0.1, -0.05) is 42.5 Å². The fourth-order valence-corrected chi connectivity index (χ4v) is 3.90. The van der Waals surface area contributed by atoms with Crippen LogP contribution in [0.25, 0.3) is 5.69 Å². The number of hydrogen-bond acceptors (Lipinski definition) is 6. The van der Waals surface area contributed by atoms with Crippen molar-refractivity contribution >= 4 is 11.9 Å². The second kappa shape index (κ2) is 11.3. The highest BCUT2D eigenvalue weighted by Crippen LogP contribution is 2.21. The first-order chi connectivity index (χ1) is 17.4. The third-order valence-electron chi connectivity index (χ3n) is 5.86. The molecule has 0 saturated carbocycles. The van der Waals surface area contributed by atoms with Crippen molar-refractivity contribution in [3.05, 3.63) is 108 Å². The van der Waals surface area contributed by atoms with Crippen molar-refractivity contribution in [3.8, 4) is 11.4 Å². The van der Waals surface area contributed by atoms with E-state index in [-0.39, 0.29) is 5.91 Å². The van der Waals surface area contributed by atoms with E-state index in [0.29, 0.717) is 24.3 Å². The van der Waals surface area contributed by atoms with Gasteiger partial charge < -0.3 is 14.4 Å². The van der Waals surface area contributed by atoms with Gasteiger partial charge >= 0.3 is 5.97 Å². The predicted molar refractivity (Wildman–Crippen MR) is 135 cm³/mol. The molecule has 4 rings (SSSR count). The molecule has 0 spiro atoms. The molecule has 0 N–H and O–H groups in total. The van der Waals surface area contributed by atoms with Crippen molar-refractivity contribution in [2.75, 3.05) is 14.2 Å². The number of methoxy groups -OCH3 is 1. The zero-order valence-electron chi connectivity index (χ0n) is 20.5. The molecule has 1 heterocycles. The van der Waals surface area contributed by atoms with Gasteiger partial charge in [0.15, 0.2) is 0 Å². The van der Waals surface area contributed by atoms with E-state index < -0.39 is 12.0 Å². The van der Waals surface area contributed by atoms with E-state index in [9.17, 15) is 9.59 Å². The maximum absolute atomic E-state index is 13.4. The highest BCUT2D eigenvalue weighted by Gasteiger charge is 2.29. The minimum atomic E-state index is -0.797. The number of carbonyl (C=O) groups is 2. The molecule has 1 amide bonds. The normalized spacial score (nSPS) is 11.5. The summed E-state index contributed by atoms with van der Waals surface area (Å²) in [7, 11) is 2.93. The minimum absolute atomic E-state index is 0.294. The SMILES string of the molecule is COC(=O)[C@H](Cc1ccc(-n2cncn2)cc1)N(C)C(=O)c1cc(C)cc(OCc2ccccc2)c1. The Kier molecular flexibility index (Phi) is 7.75. The zero-order valence-corrected chi connectivity index (χ0v) is 20.5. The van der Waals surface area contributed by atoms with Crippen molar-refractivity contribution in [3.63, 3.8) is 0 Å². The summed E-state index contributed by atoms with van der Waals surface area (Å²) in [5.74, 6) is -0.189. The molecule has 0 aliphatic carbocycles. The quantitative estimate of drug-likeness (QED) is 0.334. The largest absolute Gasteiger partial charge is 0.489 e. The number of aryl methyl sites for hydroxylation is 1. The lowest BCUT2D eigenvalue weighted by atomic mass is 10.0. The summed E-state index contributed by atoms with van der Waals surface area (Å²) < 4.78 is 12.6. The molecular weight excluding hydrogens is 456 g/mol. The molecular formula is C28H28N4O4. The van der Waals surface area contributed by atoms with Gasteiger partial charge in [-0.25, -0.2) is 14.5 Å². The van der Waals surface area contributed by atoms with Gasteiger partial charge in [0.2, 0.25) is 0 Å². The fraction of sp³-hybridized carbons (Fsp3) is 0.214. The Hall–Kier alpha value is -4.46. The molecule has 0 unspecified atom stereocenters. The number of aromatic nitrogens is 3. The number of likely N-dealkylation sites (N-methyl/N-ethyl adjacent to an activating group) is 1. The summed E-state index contributed by atoms with van der Waals surface area (Å²) in [5, 5.41) is 4.12. The van der Waals surface area contributed by atoms with Gasteiger partial charge in [-0.3, -0.25) is 4.79 Å².